The van der Waals surface area contributed by atoms with Gasteiger partial charge in [-0.2, -0.15) is 5.10 Å². The first kappa shape index (κ1) is 13.6. The molecule has 3 rings (SSSR count). The number of fused-ring (bicyclic) bond motifs is 1. The number of ether oxygens (including phenoxy) is 1. The van der Waals surface area contributed by atoms with Crippen molar-refractivity contribution in [2.24, 2.45) is 0 Å². The van der Waals surface area contributed by atoms with Crippen LogP contribution in [0.1, 0.15) is 46.7 Å². The van der Waals surface area contributed by atoms with Gasteiger partial charge in [0.05, 0.1) is 11.7 Å². The molecule has 1 fully saturated rings. The van der Waals surface area contributed by atoms with E-state index in [1.54, 1.807) is 0 Å². The highest BCUT2D eigenvalue weighted by Gasteiger charge is 2.25. The number of thiophene rings is 1. The predicted molar refractivity (Wildman–Crippen MR) is 77.8 cm³/mol. The van der Waals surface area contributed by atoms with E-state index < -0.39 is 5.97 Å². The minimum Gasteiger partial charge on any atom is -0.477 e. The second-order valence-electron chi connectivity index (χ2n) is 5.12. The van der Waals surface area contributed by atoms with Crippen molar-refractivity contribution in [2.45, 2.75) is 39.2 Å². The SMILES string of the molecule is CCc1c(C(=O)O)sc2c1c(C)nn2C1CCOCC1. The molecule has 108 valence electrons. The van der Waals surface area contributed by atoms with Gasteiger partial charge in [-0.05, 0) is 31.7 Å². The Balaban J connectivity index is 2.17. The first-order valence-corrected chi connectivity index (χ1v) is 7.76. The zero-order valence-electron chi connectivity index (χ0n) is 11.7. The average molecular weight is 294 g/mol. The fraction of sp³-hybridized carbons (Fsp3) is 0.571. The van der Waals surface area contributed by atoms with Gasteiger partial charge >= 0.3 is 5.97 Å². The Morgan fingerprint density at radius 3 is 2.80 bits per heavy atom. The number of aromatic carboxylic acids is 1. The van der Waals surface area contributed by atoms with Gasteiger partial charge in [0.2, 0.25) is 0 Å². The Kier molecular flexibility index (Phi) is 3.52. The van der Waals surface area contributed by atoms with Crippen molar-refractivity contribution in [3.8, 4) is 0 Å². The van der Waals surface area contributed by atoms with Crippen molar-refractivity contribution in [2.75, 3.05) is 13.2 Å². The number of rotatable bonds is 3. The molecule has 0 amide bonds. The second-order valence-corrected chi connectivity index (χ2v) is 6.12. The zero-order valence-corrected chi connectivity index (χ0v) is 12.5. The number of aromatic nitrogens is 2. The number of aryl methyl sites for hydroxylation is 2. The molecule has 1 aliphatic heterocycles. The monoisotopic (exact) mass is 294 g/mol. The minimum absolute atomic E-state index is 0.324. The van der Waals surface area contributed by atoms with E-state index in [4.69, 9.17) is 4.74 Å². The average Bonchev–Trinajstić information content (AvgIpc) is 2.98. The Bertz CT molecular complexity index is 653. The molecule has 1 aliphatic rings. The van der Waals surface area contributed by atoms with E-state index in [9.17, 15) is 9.90 Å². The van der Waals surface area contributed by atoms with Gasteiger partial charge in [-0.25, -0.2) is 4.79 Å². The molecule has 6 heteroatoms. The molecule has 0 bridgehead atoms. The van der Waals surface area contributed by atoms with Crippen molar-refractivity contribution < 1.29 is 14.6 Å². The molecule has 0 aliphatic carbocycles. The van der Waals surface area contributed by atoms with Crippen LogP contribution in [0.25, 0.3) is 10.2 Å². The molecule has 0 atom stereocenters. The van der Waals surface area contributed by atoms with Crippen molar-refractivity contribution >= 4 is 27.5 Å². The van der Waals surface area contributed by atoms with Crippen LogP contribution >= 0.6 is 11.3 Å². The first-order chi connectivity index (χ1) is 9.63. The van der Waals surface area contributed by atoms with Gasteiger partial charge in [-0.1, -0.05) is 6.92 Å². The molecule has 20 heavy (non-hydrogen) atoms. The summed E-state index contributed by atoms with van der Waals surface area (Å²) in [6.07, 6.45) is 2.61. The number of carboxylic acids is 1. The third-order valence-corrected chi connectivity index (χ3v) is 5.11. The summed E-state index contributed by atoms with van der Waals surface area (Å²) in [5, 5.41) is 15.1. The van der Waals surface area contributed by atoms with Crippen LogP contribution in [0.4, 0.5) is 0 Å². The minimum atomic E-state index is -0.832. The lowest BCUT2D eigenvalue weighted by Gasteiger charge is -2.22. The van der Waals surface area contributed by atoms with Crippen molar-refractivity contribution in [1.29, 1.82) is 0 Å². The molecule has 1 N–H and O–H groups in total. The smallest absolute Gasteiger partial charge is 0.346 e. The lowest BCUT2D eigenvalue weighted by Crippen LogP contribution is -2.20. The van der Waals surface area contributed by atoms with Gasteiger partial charge in [0.15, 0.2) is 0 Å². The summed E-state index contributed by atoms with van der Waals surface area (Å²) in [6.45, 7) is 5.47. The third kappa shape index (κ3) is 2.03. The van der Waals surface area contributed by atoms with Gasteiger partial charge in [0.25, 0.3) is 0 Å². The Morgan fingerprint density at radius 2 is 2.20 bits per heavy atom. The number of nitrogens with zero attached hydrogens (tertiary/aromatic N) is 2. The fourth-order valence-corrected chi connectivity index (χ4v) is 4.24. The molecule has 0 radical (unpaired) electrons. The number of hydrogen-bond acceptors (Lipinski definition) is 4. The predicted octanol–water partition coefficient (Wildman–Crippen LogP) is 3.02. The molecular formula is C14H18N2O3S. The van der Waals surface area contributed by atoms with Crippen LogP contribution in [0, 0.1) is 6.92 Å². The van der Waals surface area contributed by atoms with E-state index >= 15 is 0 Å². The molecule has 0 unspecified atom stereocenters. The highest BCUT2D eigenvalue weighted by Crippen LogP contribution is 2.37. The number of carboxylic acid groups (broad SMARTS) is 1. The summed E-state index contributed by atoms with van der Waals surface area (Å²) >= 11 is 1.36. The van der Waals surface area contributed by atoms with Crippen LogP contribution in [-0.4, -0.2) is 34.1 Å². The quantitative estimate of drug-likeness (QED) is 0.945. The summed E-state index contributed by atoms with van der Waals surface area (Å²) in [5.74, 6) is -0.832. The molecule has 3 heterocycles. The van der Waals surface area contributed by atoms with E-state index in [1.807, 2.05) is 18.5 Å². The van der Waals surface area contributed by atoms with Gasteiger partial charge in [-0.3, -0.25) is 4.68 Å². The highest BCUT2D eigenvalue weighted by molar-refractivity contribution is 7.20. The molecule has 0 aromatic carbocycles. The Morgan fingerprint density at radius 1 is 1.50 bits per heavy atom. The maximum absolute atomic E-state index is 11.4. The van der Waals surface area contributed by atoms with E-state index in [0.29, 0.717) is 10.9 Å². The van der Waals surface area contributed by atoms with Gasteiger partial charge in [0, 0.05) is 18.6 Å². The lowest BCUT2D eigenvalue weighted by atomic mass is 10.1. The zero-order chi connectivity index (χ0) is 14.3. The van der Waals surface area contributed by atoms with Crippen LogP contribution in [0.5, 0.6) is 0 Å². The summed E-state index contributed by atoms with van der Waals surface area (Å²) in [6, 6.07) is 0.324. The summed E-state index contributed by atoms with van der Waals surface area (Å²) in [7, 11) is 0. The fourth-order valence-electron chi connectivity index (χ4n) is 2.93. The maximum atomic E-state index is 11.4. The normalized spacial score (nSPS) is 16.9. The number of hydrogen-bond donors (Lipinski definition) is 1. The molecule has 0 spiro atoms. The van der Waals surface area contributed by atoms with E-state index in [0.717, 1.165) is 54.0 Å². The largest absolute Gasteiger partial charge is 0.477 e. The topological polar surface area (TPSA) is 64.3 Å². The van der Waals surface area contributed by atoms with Crippen molar-refractivity contribution in [3.63, 3.8) is 0 Å². The van der Waals surface area contributed by atoms with Gasteiger partial charge in [-0.15, -0.1) is 11.3 Å². The molecule has 0 saturated carbocycles. The molecular weight excluding hydrogens is 276 g/mol. The van der Waals surface area contributed by atoms with Crippen LogP contribution in [0.3, 0.4) is 0 Å². The van der Waals surface area contributed by atoms with Crippen LogP contribution < -0.4 is 0 Å². The van der Waals surface area contributed by atoms with E-state index in [2.05, 4.69) is 5.10 Å². The van der Waals surface area contributed by atoms with Crippen molar-refractivity contribution in [3.05, 3.63) is 16.1 Å². The van der Waals surface area contributed by atoms with Crippen molar-refractivity contribution in [1.82, 2.24) is 9.78 Å². The first-order valence-electron chi connectivity index (χ1n) is 6.95. The summed E-state index contributed by atoms with van der Waals surface area (Å²) in [5.41, 5.74) is 1.86. The maximum Gasteiger partial charge on any atom is 0.346 e. The summed E-state index contributed by atoms with van der Waals surface area (Å²) < 4.78 is 7.43. The lowest BCUT2D eigenvalue weighted by molar-refractivity contribution is 0.0674. The number of carbonyl (C=O) groups is 1. The Hall–Kier alpha value is -1.40. The standard InChI is InChI=1S/C14H18N2O3S/c1-3-10-11-8(2)15-16(9-4-6-19-7-5-9)13(11)20-12(10)14(17)18/h9H,3-7H2,1-2H3,(H,17,18). The van der Waals surface area contributed by atoms with Crippen LogP contribution in [0.15, 0.2) is 0 Å². The highest BCUT2D eigenvalue weighted by atomic mass is 32.1. The molecule has 2 aromatic heterocycles. The Labute approximate surface area is 121 Å². The van der Waals surface area contributed by atoms with Gasteiger partial charge in [0.1, 0.15) is 9.71 Å². The van der Waals surface area contributed by atoms with E-state index in [1.165, 1.54) is 11.3 Å². The van der Waals surface area contributed by atoms with E-state index in [-0.39, 0.29) is 0 Å². The summed E-state index contributed by atoms with van der Waals surface area (Å²) in [4.78, 5) is 12.9. The molecule has 2 aromatic rings. The van der Waals surface area contributed by atoms with Crippen LogP contribution in [-0.2, 0) is 11.2 Å². The molecule has 5 nitrogen and oxygen atoms in total. The molecule has 1 saturated heterocycles. The van der Waals surface area contributed by atoms with Gasteiger partial charge < -0.3 is 9.84 Å². The second kappa shape index (κ2) is 5.18. The van der Waals surface area contributed by atoms with Crippen LogP contribution in [0.2, 0.25) is 0 Å². The third-order valence-electron chi connectivity index (χ3n) is 3.90.